The number of ether oxygens (including phenoxy) is 1. The van der Waals surface area contributed by atoms with Crippen molar-refractivity contribution in [2.45, 2.75) is 13.0 Å². The van der Waals surface area contributed by atoms with Gasteiger partial charge >= 0.3 is 0 Å². The SMILES string of the molecule is CCOCC(N)c1csnn1. The molecule has 0 bridgehead atoms. The lowest BCUT2D eigenvalue weighted by Crippen LogP contribution is -2.17. The summed E-state index contributed by atoms with van der Waals surface area (Å²) in [6.45, 7) is 3.14. The van der Waals surface area contributed by atoms with Gasteiger partial charge in [0.15, 0.2) is 0 Å². The van der Waals surface area contributed by atoms with Crippen molar-refractivity contribution in [2.24, 2.45) is 5.73 Å². The molecule has 5 heteroatoms. The molecule has 1 unspecified atom stereocenters. The monoisotopic (exact) mass is 173 g/mol. The molecule has 1 aromatic rings. The van der Waals surface area contributed by atoms with Gasteiger partial charge in [-0.1, -0.05) is 4.49 Å². The van der Waals surface area contributed by atoms with Gasteiger partial charge in [0.2, 0.25) is 0 Å². The number of hydrogen-bond donors (Lipinski definition) is 1. The van der Waals surface area contributed by atoms with Gasteiger partial charge in [0.1, 0.15) is 0 Å². The second-order valence-electron chi connectivity index (χ2n) is 2.10. The molecule has 0 aromatic carbocycles. The maximum absolute atomic E-state index is 5.70. The quantitative estimate of drug-likeness (QED) is 0.723. The molecule has 0 aliphatic heterocycles. The van der Waals surface area contributed by atoms with E-state index in [4.69, 9.17) is 10.5 Å². The molecule has 1 atom stereocenters. The molecule has 0 aliphatic carbocycles. The molecular formula is C6H11N3OS. The Balaban J connectivity index is 2.36. The normalized spacial score (nSPS) is 13.3. The zero-order chi connectivity index (χ0) is 8.10. The molecule has 4 nitrogen and oxygen atoms in total. The highest BCUT2D eigenvalue weighted by Gasteiger charge is 2.07. The Kier molecular flexibility index (Phi) is 3.41. The van der Waals surface area contributed by atoms with E-state index in [0.717, 1.165) is 5.69 Å². The van der Waals surface area contributed by atoms with Gasteiger partial charge in [-0.2, -0.15) is 0 Å². The second kappa shape index (κ2) is 4.38. The smallest absolute Gasteiger partial charge is 0.0946 e. The van der Waals surface area contributed by atoms with Crippen LogP contribution in [0.4, 0.5) is 0 Å². The highest BCUT2D eigenvalue weighted by atomic mass is 32.1. The highest BCUT2D eigenvalue weighted by molar-refractivity contribution is 7.03. The summed E-state index contributed by atoms with van der Waals surface area (Å²) in [7, 11) is 0. The number of nitrogens with two attached hydrogens (primary N) is 1. The lowest BCUT2D eigenvalue weighted by Gasteiger charge is -2.06. The maximum Gasteiger partial charge on any atom is 0.0946 e. The third kappa shape index (κ3) is 2.53. The summed E-state index contributed by atoms with van der Waals surface area (Å²) in [6.07, 6.45) is 0. The van der Waals surface area contributed by atoms with Crippen LogP contribution in [0.3, 0.4) is 0 Å². The Morgan fingerprint density at radius 2 is 2.64 bits per heavy atom. The first kappa shape index (κ1) is 8.58. The van der Waals surface area contributed by atoms with Crippen LogP contribution < -0.4 is 5.73 Å². The van der Waals surface area contributed by atoms with E-state index in [9.17, 15) is 0 Å². The molecular weight excluding hydrogens is 162 g/mol. The van der Waals surface area contributed by atoms with Crippen LogP contribution in [0.5, 0.6) is 0 Å². The molecule has 0 saturated carbocycles. The number of hydrogen-bond acceptors (Lipinski definition) is 5. The Morgan fingerprint density at radius 3 is 3.18 bits per heavy atom. The van der Waals surface area contributed by atoms with E-state index in [1.165, 1.54) is 11.5 Å². The average molecular weight is 173 g/mol. The van der Waals surface area contributed by atoms with Crippen LogP contribution in [0.25, 0.3) is 0 Å². The lowest BCUT2D eigenvalue weighted by molar-refractivity contribution is 0.132. The molecule has 0 aliphatic rings. The molecule has 1 aromatic heterocycles. The third-order valence-electron chi connectivity index (χ3n) is 1.26. The predicted octanol–water partition coefficient (Wildman–Crippen LogP) is 0.574. The van der Waals surface area contributed by atoms with E-state index in [-0.39, 0.29) is 6.04 Å². The summed E-state index contributed by atoms with van der Waals surface area (Å²) in [4.78, 5) is 0. The van der Waals surface area contributed by atoms with Gasteiger partial charge in [-0.25, -0.2) is 0 Å². The lowest BCUT2D eigenvalue weighted by atomic mass is 10.3. The van der Waals surface area contributed by atoms with Crippen LogP contribution in [-0.2, 0) is 4.74 Å². The summed E-state index contributed by atoms with van der Waals surface area (Å²) in [5.41, 5.74) is 6.51. The van der Waals surface area contributed by atoms with Gasteiger partial charge in [-0.3, -0.25) is 0 Å². The second-order valence-corrected chi connectivity index (χ2v) is 2.71. The molecule has 11 heavy (non-hydrogen) atoms. The fourth-order valence-corrected chi connectivity index (χ4v) is 1.18. The van der Waals surface area contributed by atoms with E-state index in [0.29, 0.717) is 13.2 Å². The predicted molar refractivity (Wildman–Crippen MR) is 43.3 cm³/mol. The molecule has 62 valence electrons. The minimum atomic E-state index is -0.131. The molecule has 0 radical (unpaired) electrons. The minimum absolute atomic E-state index is 0.131. The van der Waals surface area contributed by atoms with Crippen molar-refractivity contribution in [3.05, 3.63) is 11.1 Å². The van der Waals surface area contributed by atoms with E-state index >= 15 is 0 Å². The van der Waals surface area contributed by atoms with Crippen molar-refractivity contribution in [1.82, 2.24) is 9.59 Å². The molecule has 1 rings (SSSR count). The summed E-state index contributed by atoms with van der Waals surface area (Å²) < 4.78 is 8.84. The van der Waals surface area contributed by atoms with Gasteiger partial charge in [-0.15, -0.1) is 5.10 Å². The number of aromatic nitrogens is 2. The van der Waals surface area contributed by atoms with Crippen LogP contribution >= 0.6 is 11.5 Å². The van der Waals surface area contributed by atoms with Crippen molar-refractivity contribution in [1.29, 1.82) is 0 Å². The van der Waals surface area contributed by atoms with E-state index in [1.54, 1.807) is 0 Å². The van der Waals surface area contributed by atoms with Gasteiger partial charge in [0, 0.05) is 12.0 Å². The molecule has 0 fully saturated rings. The minimum Gasteiger partial charge on any atom is -0.380 e. The maximum atomic E-state index is 5.70. The van der Waals surface area contributed by atoms with E-state index in [2.05, 4.69) is 9.59 Å². The Labute approximate surface area is 69.5 Å². The Bertz CT molecular complexity index is 190. The largest absolute Gasteiger partial charge is 0.380 e. The number of nitrogens with zero attached hydrogens (tertiary/aromatic N) is 2. The van der Waals surface area contributed by atoms with Crippen molar-refractivity contribution >= 4 is 11.5 Å². The van der Waals surface area contributed by atoms with Crippen LogP contribution in [0, 0.1) is 0 Å². The fraction of sp³-hybridized carbons (Fsp3) is 0.667. The first-order chi connectivity index (χ1) is 5.34. The standard InChI is InChI=1S/C6H11N3OS/c1-2-10-3-5(7)6-4-11-9-8-6/h4-5H,2-3,7H2,1H3. The highest BCUT2D eigenvalue weighted by Crippen LogP contribution is 2.07. The number of rotatable bonds is 4. The summed E-state index contributed by atoms with van der Waals surface area (Å²) in [5.74, 6) is 0. The summed E-state index contributed by atoms with van der Waals surface area (Å²) in [5, 5.41) is 5.67. The van der Waals surface area contributed by atoms with Crippen molar-refractivity contribution < 1.29 is 4.74 Å². The zero-order valence-corrected chi connectivity index (χ0v) is 7.17. The molecule has 0 spiro atoms. The van der Waals surface area contributed by atoms with Crippen LogP contribution in [0.2, 0.25) is 0 Å². The first-order valence-electron chi connectivity index (χ1n) is 3.45. The molecule has 0 saturated heterocycles. The first-order valence-corrected chi connectivity index (χ1v) is 4.28. The topological polar surface area (TPSA) is 61.0 Å². The molecule has 0 amide bonds. The Morgan fingerprint density at radius 1 is 1.82 bits per heavy atom. The summed E-state index contributed by atoms with van der Waals surface area (Å²) in [6, 6.07) is -0.131. The zero-order valence-electron chi connectivity index (χ0n) is 6.36. The third-order valence-corrected chi connectivity index (χ3v) is 1.78. The van der Waals surface area contributed by atoms with Crippen LogP contribution in [0.15, 0.2) is 5.38 Å². The fourth-order valence-electron chi connectivity index (χ4n) is 0.664. The Hall–Kier alpha value is -0.520. The van der Waals surface area contributed by atoms with Crippen molar-refractivity contribution in [2.75, 3.05) is 13.2 Å². The van der Waals surface area contributed by atoms with Crippen LogP contribution in [0.1, 0.15) is 18.7 Å². The average Bonchev–Trinajstić information content (AvgIpc) is 2.52. The van der Waals surface area contributed by atoms with Gasteiger partial charge in [0.05, 0.1) is 18.3 Å². The van der Waals surface area contributed by atoms with E-state index in [1.807, 2.05) is 12.3 Å². The molecule has 1 heterocycles. The van der Waals surface area contributed by atoms with Gasteiger partial charge < -0.3 is 10.5 Å². The van der Waals surface area contributed by atoms with Crippen LogP contribution in [-0.4, -0.2) is 22.8 Å². The van der Waals surface area contributed by atoms with Crippen molar-refractivity contribution in [3.8, 4) is 0 Å². The van der Waals surface area contributed by atoms with Gasteiger partial charge in [-0.05, 0) is 18.5 Å². The van der Waals surface area contributed by atoms with Gasteiger partial charge in [0.25, 0.3) is 0 Å². The van der Waals surface area contributed by atoms with E-state index < -0.39 is 0 Å². The molecule has 2 N–H and O–H groups in total. The van der Waals surface area contributed by atoms with Crippen molar-refractivity contribution in [3.63, 3.8) is 0 Å². The summed E-state index contributed by atoms with van der Waals surface area (Å²) >= 11 is 1.30.